The van der Waals surface area contributed by atoms with Crippen LogP contribution in [0.15, 0.2) is 24.3 Å². The highest BCUT2D eigenvalue weighted by molar-refractivity contribution is 6.30. The number of rotatable bonds is 1. The maximum Gasteiger partial charge on any atom is 0.322 e. The van der Waals surface area contributed by atoms with Gasteiger partial charge in [0.2, 0.25) is 0 Å². The zero-order valence-corrected chi connectivity index (χ0v) is 12.4. The van der Waals surface area contributed by atoms with E-state index in [4.69, 9.17) is 11.6 Å². The number of benzene rings is 1. The Kier molecular flexibility index (Phi) is 4.16. The van der Waals surface area contributed by atoms with E-state index in [1.54, 1.807) is 12.1 Å². The maximum absolute atomic E-state index is 12.5. The minimum atomic E-state index is 0.0453. The van der Waals surface area contributed by atoms with Crippen LogP contribution in [0.2, 0.25) is 5.02 Å². The van der Waals surface area contributed by atoms with Gasteiger partial charge < -0.3 is 10.2 Å². The second kappa shape index (κ2) is 6.04. The Bertz CT molecular complexity index is 472. The van der Waals surface area contributed by atoms with Crippen LogP contribution in [-0.4, -0.2) is 23.5 Å². The quantitative estimate of drug-likeness (QED) is 0.810. The van der Waals surface area contributed by atoms with Crippen molar-refractivity contribution >= 4 is 23.3 Å². The van der Waals surface area contributed by atoms with Crippen LogP contribution >= 0.6 is 11.6 Å². The van der Waals surface area contributed by atoms with Gasteiger partial charge in [-0.25, -0.2) is 4.79 Å². The fourth-order valence-electron chi connectivity index (χ4n) is 3.61. The molecule has 1 saturated carbocycles. The van der Waals surface area contributed by atoms with Gasteiger partial charge in [0.25, 0.3) is 0 Å². The summed E-state index contributed by atoms with van der Waals surface area (Å²) in [6.07, 6.45) is 7.46. The molecule has 20 heavy (non-hydrogen) atoms. The average Bonchev–Trinajstić information content (AvgIpc) is 2.49. The first-order valence-electron chi connectivity index (χ1n) is 7.57. The molecule has 1 aliphatic carbocycles. The van der Waals surface area contributed by atoms with E-state index >= 15 is 0 Å². The van der Waals surface area contributed by atoms with E-state index in [1.807, 2.05) is 12.1 Å². The van der Waals surface area contributed by atoms with Crippen LogP contribution in [0.3, 0.4) is 0 Å². The first kappa shape index (κ1) is 13.7. The molecule has 1 aromatic rings. The Labute approximate surface area is 125 Å². The third-order valence-corrected chi connectivity index (χ3v) is 4.85. The highest BCUT2D eigenvalue weighted by Gasteiger charge is 2.35. The lowest BCUT2D eigenvalue weighted by atomic mass is 9.78. The molecule has 0 radical (unpaired) electrons. The monoisotopic (exact) mass is 292 g/mol. The number of carbonyl (C=O) groups is 1. The summed E-state index contributed by atoms with van der Waals surface area (Å²) in [6.45, 7) is 0.889. The summed E-state index contributed by atoms with van der Waals surface area (Å²) in [5, 5.41) is 3.69. The first-order chi connectivity index (χ1) is 9.74. The second-order valence-electron chi connectivity index (χ2n) is 5.88. The Morgan fingerprint density at radius 3 is 2.60 bits per heavy atom. The number of urea groups is 1. The number of nitrogens with zero attached hydrogens (tertiary/aromatic N) is 1. The van der Waals surface area contributed by atoms with E-state index in [2.05, 4.69) is 10.2 Å². The highest BCUT2D eigenvalue weighted by Crippen LogP contribution is 2.35. The summed E-state index contributed by atoms with van der Waals surface area (Å²) >= 11 is 5.86. The number of piperidine rings is 1. The van der Waals surface area contributed by atoms with Crippen molar-refractivity contribution < 1.29 is 4.79 Å². The number of nitrogens with one attached hydrogen (secondary N) is 1. The van der Waals surface area contributed by atoms with E-state index in [0.29, 0.717) is 17.0 Å². The maximum atomic E-state index is 12.5. The van der Waals surface area contributed by atoms with Crippen molar-refractivity contribution in [2.45, 2.75) is 44.6 Å². The molecule has 108 valence electrons. The molecule has 4 heteroatoms. The highest BCUT2D eigenvalue weighted by atomic mass is 35.5. The van der Waals surface area contributed by atoms with Gasteiger partial charge in [-0.1, -0.05) is 24.4 Å². The topological polar surface area (TPSA) is 32.3 Å². The molecule has 0 unspecified atom stereocenters. The zero-order valence-electron chi connectivity index (χ0n) is 11.6. The molecule has 1 N–H and O–H groups in total. The fourth-order valence-corrected chi connectivity index (χ4v) is 3.73. The van der Waals surface area contributed by atoms with E-state index in [9.17, 15) is 4.79 Å². The molecule has 3 rings (SSSR count). The van der Waals surface area contributed by atoms with E-state index in [0.717, 1.165) is 18.7 Å². The third kappa shape index (κ3) is 2.93. The van der Waals surface area contributed by atoms with Crippen molar-refractivity contribution in [3.63, 3.8) is 0 Å². The van der Waals surface area contributed by atoms with Crippen molar-refractivity contribution in [1.29, 1.82) is 0 Å². The Balaban J connectivity index is 1.67. The molecule has 1 heterocycles. The minimum absolute atomic E-state index is 0.0453. The van der Waals surface area contributed by atoms with Gasteiger partial charge in [-0.3, -0.25) is 0 Å². The minimum Gasteiger partial charge on any atom is -0.321 e. The largest absolute Gasteiger partial charge is 0.322 e. The smallest absolute Gasteiger partial charge is 0.321 e. The standard InChI is InChI=1S/C16H21ClN2O/c17-13-7-9-14(10-8-13)18-16(20)19-11-3-5-12-4-1-2-6-15(12)19/h7-10,12,15H,1-6,11H2,(H,18,20)/t12-,15-/m1/s1. The molecular formula is C16H21ClN2O. The van der Waals surface area contributed by atoms with Gasteiger partial charge >= 0.3 is 6.03 Å². The van der Waals surface area contributed by atoms with Crippen molar-refractivity contribution in [3.05, 3.63) is 29.3 Å². The molecule has 0 bridgehead atoms. The van der Waals surface area contributed by atoms with Crippen LogP contribution in [0.25, 0.3) is 0 Å². The normalized spacial score (nSPS) is 25.9. The van der Waals surface area contributed by atoms with Crippen molar-refractivity contribution in [2.24, 2.45) is 5.92 Å². The van der Waals surface area contributed by atoms with Crippen LogP contribution < -0.4 is 5.32 Å². The van der Waals surface area contributed by atoms with E-state index < -0.39 is 0 Å². The van der Waals surface area contributed by atoms with Gasteiger partial charge in [-0.15, -0.1) is 0 Å². The molecule has 0 spiro atoms. The SMILES string of the molecule is O=C(Nc1ccc(Cl)cc1)N1CCC[C@H]2CCCC[C@H]21. The molecule has 2 fully saturated rings. The van der Waals surface area contributed by atoms with Gasteiger partial charge in [-0.05, 0) is 55.9 Å². The summed E-state index contributed by atoms with van der Waals surface area (Å²) in [5.74, 6) is 0.716. The zero-order chi connectivity index (χ0) is 13.9. The summed E-state index contributed by atoms with van der Waals surface area (Å²) in [5.41, 5.74) is 0.817. The molecule has 2 aliphatic rings. The van der Waals surface area contributed by atoms with Crippen molar-refractivity contribution in [3.8, 4) is 0 Å². The molecule has 2 amide bonds. The second-order valence-corrected chi connectivity index (χ2v) is 6.32. The van der Waals surface area contributed by atoms with Crippen LogP contribution in [-0.2, 0) is 0 Å². The predicted octanol–water partition coefficient (Wildman–Crippen LogP) is 4.53. The summed E-state index contributed by atoms with van der Waals surface area (Å²) < 4.78 is 0. The predicted molar refractivity (Wildman–Crippen MR) is 82.2 cm³/mol. The van der Waals surface area contributed by atoms with Gasteiger partial charge in [0.1, 0.15) is 0 Å². The molecule has 1 aromatic carbocycles. The van der Waals surface area contributed by atoms with Gasteiger partial charge in [0, 0.05) is 23.3 Å². The Hall–Kier alpha value is -1.22. The summed E-state index contributed by atoms with van der Waals surface area (Å²) in [4.78, 5) is 14.5. The number of hydrogen-bond donors (Lipinski definition) is 1. The summed E-state index contributed by atoms with van der Waals surface area (Å²) in [6, 6.07) is 7.80. The molecular weight excluding hydrogens is 272 g/mol. The van der Waals surface area contributed by atoms with E-state index in [1.165, 1.54) is 32.1 Å². The number of hydrogen-bond acceptors (Lipinski definition) is 1. The average molecular weight is 293 g/mol. The van der Waals surface area contributed by atoms with Gasteiger partial charge in [0.15, 0.2) is 0 Å². The fraction of sp³-hybridized carbons (Fsp3) is 0.562. The lowest BCUT2D eigenvalue weighted by Gasteiger charge is -2.44. The van der Waals surface area contributed by atoms with E-state index in [-0.39, 0.29) is 6.03 Å². The third-order valence-electron chi connectivity index (χ3n) is 4.60. The lowest BCUT2D eigenvalue weighted by Crippen LogP contribution is -2.51. The number of fused-ring (bicyclic) bond motifs is 1. The first-order valence-corrected chi connectivity index (χ1v) is 7.95. The van der Waals surface area contributed by atoms with Crippen LogP contribution in [0.4, 0.5) is 10.5 Å². The number of amides is 2. The molecule has 1 aliphatic heterocycles. The van der Waals surface area contributed by atoms with Crippen LogP contribution in [0.1, 0.15) is 38.5 Å². The van der Waals surface area contributed by atoms with Crippen molar-refractivity contribution in [2.75, 3.05) is 11.9 Å². The van der Waals surface area contributed by atoms with Gasteiger partial charge in [-0.2, -0.15) is 0 Å². The van der Waals surface area contributed by atoms with Gasteiger partial charge in [0.05, 0.1) is 0 Å². The summed E-state index contributed by atoms with van der Waals surface area (Å²) in [7, 11) is 0. The molecule has 0 aromatic heterocycles. The number of halogens is 1. The van der Waals surface area contributed by atoms with Crippen LogP contribution in [0, 0.1) is 5.92 Å². The number of likely N-dealkylation sites (tertiary alicyclic amines) is 1. The Morgan fingerprint density at radius 1 is 1.10 bits per heavy atom. The number of carbonyl (C=O) groups excluding carboxylic acids is 1. The molecule has 3 nitrogen and oxygen atoms in total. The molecule has 1 saturated heterocycles. The molecule has 2 atom stereocenters. The number of anilines is 1. The lowest BCUT2D eigenvalue weighted by molar-refractivity contribution is 0.0909. The van der Waals surface area contributed by atoms with Crippen molar-refractivity contribution in [1.82, 2.24) is 4.90 Å². The Morgan fingerprint density at radius 2 is 1.80 bits per heavy atom. The van der Waals surface area contributed by atoms with Crippen LogP contribution in [0.5, 0.6) is 0 Å².